The predicted molar refractivity (Wildman–Crippen MR) is 93.7 cm³/mol. The van der Waals surface area contributed by atoms with Crippen LogP contribution in [-0.4, -0.2) is 49.2 Å². The third-order valence-electron chi connectivity index (χ3n) is 4.47. The fourth-order valence-electron chi connectivity index (χ4n) is 3.13. The molecule has 138 valence electrons. The summed E-state index contributed by atoms with van der Waals surface area (Å²) in [5, 5.41) is 0. The molecule has 0 aromatic heterocycles. The second-order valence-electron chi connectivity index (χ2n) is 6.36. The summed E-state index contributed by atoms with van der Waals surface area (Å²) in [5.41, 5.74) is 0. The Balaban J connectivity index is 1.68. The third-order valence-corrected chi connectivity index (χ3v) is 4.47. The molecule has 2 rings (SSSR count). The molecule has 2 atom stereocenters. The van der Waals surface area contributed by atoms with E-state index in [0.717, 1.165) is 25.0 Å². The number of hydrogen-bond acceptors (Lipinski definition) is 5. The van der Waals surface area contributed by atoms with Crippen LogP contribution in [0.5, 0.6) is 11.5 Å². The smallest absolute Gasteiger partial charge is 0.309 e. The van der Waals surface area contributed by atoms with Gasteiger partial charge in [-0.2, -0.15) is 0 Å². The van der Waals surface area contributed by atoms with Crippen LogP contribution in [0.3, 0.4) is 0 Å². The summed E-state index contributed by atoms with van der Waals surface area (Å²) in [6, 6.07) is 7.52. The van der Waals surface area contributed by atoms with Gasteiger partial charge >= 0.3 is 5.97 Å². The van der Waals surface area contributed by atoms with Crippen LogP contribution in [0, 0.1) is 0 Å². The van der Waals surface area contributed by atoms with Gasteiger partial charge in [0.1, 0.15) is 11.5 Å². The zero-order valence-electron chi connectivity index (χ0n) is 15.2. The van der Waals surface area contributed by atoms with Gasteiger partial charge in [0.25, 0.3) is 5.91 Å². The van der Waals surface area contributed by atoms with Crippen molar-refractivity contribution in [2.24, 2.45) is 0 Å². The molecule has 0 aliphatic carbocycles. The van der Waals surface area contributed by atoms with E-state index in [4.69, 9.17) is 14.2 Å². The van der Waals surface area contributed by atoms with Gasteiger partial charge in [0.2, 0.25) is 0 Å². The highest BCUT2D eigenvalue weighted by molar-refractivity contribution is 5.81. The number of amides is 1. The van der Waals surface area contributed by atoms with Crippen molar-refractivity contribution in [1.29, 1.82) is 0 Å². The van der Waals surface area contributed by atoms with Crippen LogP contribution in [0.1, 0.15) is 39.5 Å². The maximum absolute atomic E-state index is 12.3. The first-order valence-corrected chi connectivity index (χ1v) is 8.75. The van der Waals surface area contributed by atoms with E-state index in [0.29, 0.717) is 5.75 Å². The van der Waals surface area contributed by atoms with Gasteiger partial charge in [-0.05, 0) is 57.4 Å². The van der Waals surface area contributed by atoms with Gasteiger partial charge < -0.3 is 19.1 Å². The van der Waals surface area contributed by atoms with Crippen molar-refractivity contribution in [3.05, 3.63) is 24.3 Å². The number of piperidine rings is 1. The molecule has 1 amide bonds. The Morgan fingerprint density at radius 3 is 2.28 bits per heavy atom. The lowest BCUT2D eigenvalue weighted by Crippen LogP contribution is -2.49. The van der Waals surface area contributed by atoms with E-state index in [2.05, 4.69) is 0 Å². The van der Waals surface area contributed by atoms with Crippen molar-refractivity contribution < 1.29 is 23.8 Å². The molecule has 0 saturated carbocycles. The highest BCUT2D eigenvalue weighted by Gasteiger charge is 2.29. The maximum atomic E-state index is 12.3. The molecular weight excluding hydrogens is 322 g/mol. The molecule has 1 heterocycles. The van der Waals surface area contributed by atoms with E-state index in [-0.39, 0.29) is 37.6 Å². The van der Waals surface area contributed by atoms with E-state index in [1.807, 2.05) is 18.7 Å². The van der Waals surface area contributed by atoms with Gasteiger partial charge in [-0.1, -0.05) is 0 Å². The van der Waals surface area contributed by atoms with E-state index in [1.54, 1.807) is 31.4 Å². The van der Waals surface area contributed by atoms with Crippen molar-refractivity contribution in [2.45, 2.75) is 51.6 Å². The Morgan fingerprint density at radius 1 is 1.08 bits per heavy atom. The van der Waals surface area contributed by atoms with Crippen molar-refractivity contribution >= 4 is 11.9 Å². The van der Waals surface area contributed by atoms with Crippen LogP contribution in [0.25, 0.3) is 0 Å². The van der Waals surface area contributed by atoms with Crippen molar-refractivity contribution in [2.75, 3.05) is 20.3 Å². The van der Waals surface area contributed by atoms with Crippen LogP contribution in [-0.2, 0) is 14.3 Å². The van der Waals surface area contributed by atoms with Crippen molar-refractivity contribution in [3.63, 3.8) is 0 Å². The Kier molecular flexibility index (Phi) is 7.10. The molecule has 2 unspecified atom stereocenters. The number of hydrogen-bond donors (Lipinski definition) is 0. The van der Waals surface area contributed by atoms with Crippen LogP contribution in [0.2, 0.25) is 0 Å². The molecule has 1 aromatic carbocycles. The number of carbonyl (C=O) groups excluding carboxylic acids is 2. The number of carbonyl (C=O) groups is 2. The second-order valence-corrected chi connectivity index (χ2v) is 6.36. The molecule has 0 bridgehead atoms. The lowest BCUT2D eigenvalue weighted by atomic mass is 9.97. The standard InChI is InChI=1S/C19H27NO5/c1-14-5-4-6-15(2)20(14)18(21)13-25-19(22)11-12-24-17-9-7-16(23-3)8-10-17/h7-10,14-15H,4-6,11-13H2,1-3H3. The normalized spacial score (nSPS) is 20.0. The summed E-state index contributed by atoms with van der Waals surface area (Å²) in [4.78, 5) is 25.9. The number of methoxy groups -OCH3 is 1. The summed E-state index contributed by atoms with van der Waals surface area (Å²) in [6.07, 6.45) is 3.23. The maximum Gasteiger partial charge on any atom is 0.309 e. The SMILES string of the molecule is COc1ccc(OCCC(=O)OCC(=O)N2C(C)CCCC2C)cc1. The molecule has 1 aliphatic rings. The minimum absolute atomic E-state index is 0.102. The quantitative estimate of drug-likeness (QED) is 0.708. The van der Waals surface area contributed by atoms with Gasteiger partial charge in [0.05, 0.1) is 20.1 Å². The van der Waals surface area contributed by atoms with E-state index in [1.165, 1.54) is 0 Å². The molecule has 1 saturated heterocycles. The lowest BCUT2D eigenvalue weighted by Gasteiger charge is -2.38. The monoisotopic (exact) mass is 349 g/mol. The number of benzene rings is 1. The number of esters is 1. The summed E-state index contributed by atoms with van der Waals surface area (Å²) >= 11 is 0. The Labute approximate surface area is 149 Å². The highest BCUT2D eigenvalue weighted by Crippen LogP contribution is 2.22. The first kappa shape index (κ1) is 19.1. The molecular formula is C19H27NO5. The fourth-order valence-corrected chi connectivity index (χ4v) is 3.13. The summed E-state index contributed by atoms with van der Waals surface area (Å²) in [6.45, 7) is 4.09. The zero-order valence-corrected chi connectivity index (χ0v) is 15.2. The Bertz CT molecular complexity index is 562. The number of rotatable bonds is 7. The van der Waals surface area contributed by atoms with Gasteiger partial charge in [0.15, 0.2) is 6.61 Å². The predicted octanol–water partition coefficient (Wildman–Crippen LogP) is 2.80. The second kappa shape index (κ2) is 9.30. The van der Waals surface area contributed by atoms with E-state index >= 15 is 0 Å². The lowest BCUT2D eigenvalue weighted by molar-refractivity contribution is -0.155. The van der Waals surface area contributed by atoms with Gasteiger partial charge in [-0.3, -0.25) is 9.59 Å². The average Bonchev–Trinajstić information content (AvgIpc) is 2.60. The van der Waals surface area contributed by atoms with Gasteiger partial charge in [0, 0.05) is 12.1 Å². The fraction of sp³-hybridized carbons (Fsp3) is 0.579. The summed E-state index contributed by atoms with van der Waals surface area (Å²) in [7, 11) is 1.60. The molecule has 25 heavy (non-hydrogen) atoms. The summed E-state index contributed by atoms with van der Waals surface area (Å²) in [5.74, 6) is 0.843. The van der Waals surface area contributed by atoms with Crippen molar-refractivity contribution in [1.82, 2.24) is 4.90 Å². The van der Waals surface area contributed by atoms with Crippen LogP contribution >= 0.6 is 0 Å². The van der Waals surface area contributed by atoms with E-state index in [9.17, 15) is 9.59 Å². The molecule has 6 heteroatoms. The Morgan fingerprint density at radius 2 is 1.68 bits per heavy atom. The van der Waals surface area contributed by atoms with Gasteiger partial charge in [-0.15, -0.1) is 0 Å². The topological polar surface area (TPSA) is 65.1 Å². The minimum Gasteiger partial charge on any atom is -0.497 e. The first-order valence-electron chi connectivity index (χ1n) is 8.75. The number of nitrogens with zero attached hydrogens (tertiary/aromatic N) is 1. The molecule has 1 fully saturated rings. The largest absolute Gasteiger partial charge is 0.497 e. The van der Waals surface area contributed by atoms with E-state index < -0.39 is 5.97 Å². The van der Waals surface area contributed by atoms with Crippen LogP contribution in [0.4, 0.5) is 0 Å². The van der Waals surface area contributed by atoms with Crippen molar-refractivity contribution in [3.8, 4) is 11.5 Å². The third kappa shape index (κ3) is 5.66. The molecule has 6 nitrogen and oxygen atoms in total. The van der Waals surface area contributed by atoms with Crippen LogP contribution in [0.15, 0.2) is 24.3 Å². The number of ether oxygens (including phenoxy) is 3. The first-order chi connectivity index (χ1) is 12.0. The molecule has 1 aromatic rings. The highest BCUT2D eigenvalue weighted by atomic mass is 16.5. The molecule has 0 spiro atoms. The number of likely N-dealkylation sites (tertiary alicyclic amines) is 1. The zero-order chi connectivity index (χ0) is 18.2. The minimum atomic E-state index is -0.431. The molecule has 0 radical (unpaired) electrons. The van der Waals surface area contributed by atoms with Gasteiger partial charge in [-0.25, -0.2) is 0 Å². The molecule has 1 aliphatic heterocycles. The van der Waals surface area contributed by atoms with Crippen LogP contribution < -0.4 is 9.47 Å². The average molecular weight is 349 g/mol. The summed E-state index contributed by atoms with van der Waals surface area (Å²) < 4.78 is 15.6. The Hall–Kier alpha value is -2.24. The molecule has 0 N–H and O–H groups in total.